The zero-order valence-corrected chi connectivity index (χ0v) is 11.8. The van der Waals surface area contributed by atoms with Crippen LogP contribution in [0.15, 0.2) is 52.3 Å². The lowest BCUT2D eigenvalue weighted by Gasteiger charge is -2.01. The van der Waals surface area contributed by atoms with Gasteiger partial charge < -0.3 is 0 Å². The van der Waals surface area contributed by atoms with E-state index in [0.29, 0.717) is 10.4 Å². The summed E-state index contributed by atoms with van der Waals surface area (Å²) in [7, 11) is 0. The van der Waals surface area contributed by atoms with Gasteiger partial charge in [-0.3, -0.25) is 5.43 Å². The molecule has 0 saturated carbocycles. The molecular weight excluding hydrogens is 348 g/mol. The van der Waals surface area contributed by atoms with Crippen LogP contribution < -0.4 is 5.43 Å². The van der Waals surface area contributed by atoms with Gasteiger partial charge in [0.05, 0.1) is 5.69 Å². The maximum Gasteiger partial charge on any atom is 0.187 e. The number of aromatic nitrogens is 2. The maximum absolute atomic E-state index is 4.14. The summed E-state index contributed by atoms with van der Waals surface area (Å²) in [5.74, 6) is 0.539. The lowest BCUT2D eigenvalue weighted by molar-refractivity contribution is 1.13. The Morgan fingerprint density at radius 2 is 1.76 bits per heavy atom. The second kappa shape index (κ2) is 5.88. The van der Waals surface area contributed by atoms with Crippen LogP contribution in [0.5, 0.6) is 0 Å². The predicted octanol–water partition coefficient (Wildman–Crippen LogP) is 3.41. The summed E-state index contributed by atoms with van der Waals surface area (Å²) >= 11 is 6.68. The average Bonchev–Trinajstić information content (AvgIpc) is 2.39. The molecule has 4 nitrogen and oxygen atoms in total. The number of halogens is 2. The molecule has 86 valence electrons. The second-order valence-electron chi connectivity index (χ2n) is 3.09. The third kappa shape index (κ3) is 3.61. The van der Waals surface area contributed by atoms with E-state index in [-0.39, 0.29) is 0 Å². The molecule has 17 heavy (non-hydrogen) atoms. The van der Waals surface area contributed by atoms with Gasteiger partial charge in [0.15, 0.2) is 10.4 Å². The van der Waals surface area contributed by atoms with E-state index >= 15 is 0 Å². The van der Waals surface area contributed by atoms with Crippen LogP contribution in [-0.4, -0.2) is 14.6 Å². The molecule has 1 N–H and O–H groups in total. The minimum Gasteiger partial charge on any atom is -0.277 e. The molecule has 2 aromatic rings. The van der Waals surface area contributed by atoms with Crippen LogP contribution in [0.2, 0.25) is 0 Å². The first-order valence-electron chi connectivity index (χ1n) is 4.78. The SMILES string of the molecule is BrC(=NNc1ccc(Br)cc1)c1ncccn1. The van der Waals surface area contributed by atoms with E-state index in [1.165, 1.54) is 0 Å². The molecule has 0 aliphatic carbocycles. The van der Waals surface area contributed by atoms with Gasteiger partial charge in [-0.25, -0.2) is 9.97 Å². The second-order valence-corrected chi connectivity index (χ2v) is 4.76. The van der Waals surface area contributed by atoms with Crippen LogP contribution in [0.3, 0.4) is 0 Å². The van der Waals surface area contributed by atoms with E-state index in [2.05, 4.69) is 52.4 Å². The number of hydrogen-bond donors (Lipinski definition) is 1. The quantitative estimate of drug-likeness (QED) is 0.678. The topological polar surface area (TPSA) is 50.2 Å². The monoisotopic (exact) mass is 354 g/mol. The average molecular weight is 356 g/mol. The summed E-state index contributed by atoms with van der Waals surface area (Å²) in [6.45, 7) is 0. The molecule has 0 unspecified atom stereocenters. The number of hydrazone groups is 1. The van der Waals surface area contributed by atoms with E-state index in [1.54, 1.807) is 18.5 Å². The number of rotatable bonds is 3. The minimum atomic E-state index is 0.539. The zero-order valence-electron chi connectivity index (χ0n) is 8.64. The number of benzene rings is 1. The van der Waals surface area contributed by atoms with Crippen LogP contribution >= 0.6 is 31.9 Å². The smallest absolute Gasteiger partial charge is 0.187 e. The molecule has 0 atom stereocenters. The van der Waals surface area contributed by atoms with Crippen molar-refractivity contribution in [2.24, 2.45) is 5.10 Å². The van der Waals surface area contributed by atoms with Gasteiger partial charge in [0.25, 0.3) is 0 Å². The van der Waals surface area contributed by atoms with Crippen LogP contribution in [-0.2, 0) is 0 Å². The minimum absolute atomic E-state index is 0.539. The molecule has 2 rings (SSSR count). The third-order valence-corrected chi connectivity index (χ3v) is 2.94. The normalized spacial score (nSPS) is 11.3. The molecule has 0 amide bonds. The highest BCUT2D eigenvalue weighted by atomic mass is 79.9. The van der Waals surface area contributed by atoms with E-state index in [0.717, 1.165) is 10.2 Å². The Labute approximate surface area is 115 Å². The number of anilines is 1. The Balaban J connectivity index is 2.08. The van der Waals surface area contributed by atoms with E-state index < -0.39 is 0 Å². The molecule has 1 aromatic carbocycles. The summed E-state index contributed by atoms with van der Waals surface area (Å²) in [5, 5.41) is 4.14. The largest absolute Gasteiger partial charge is 0.277 e. The summed E-state index contributed by atoms with van der Waals surface area (Å²) in [6.07, 6.45) is 3.33. The lowest BCUT2D eigenvalue weighted by Crippen LogP contribution is -2.01. The first-order chi connectivity index (χ1) is 8.25. The molecule has 0 spiro atoms. The summed E-state index contributed by atoms with van der Waals surface area (Å²) in [5.41, 5.74) is 3.80. The highest BCUT2D eigenvalue weighted by molar-refractivity contribution is 9.18. The van der Waals surface area contributed by atoms with Crippen LogP contribution in [0.4, 0.5) is 5.69 Å². The molecule has 0 aliphatic heterocycles. The van der Waals surface area contributed by atoms with Crippen molar-refractivity contribution in [2.75, 3.05) is 5.43 Å². The van der Waals surface area contributed by atoms with Crippen molar-refractivity contribution in [3.63, 3.8) is 0 Å². The molecule has 1 aromatic heterocycles. The summed E-state index contributed by atoms with van der Waals surface area (Å²) in [4.78, 5) is 8.14. The van der Waals surface area contributed by atoms with Crippen LogP contribution in [0, 0.1) is 0 Å². The van der Waals surface area contributed by atoms with Gasteiger partial charge in [-0.15, -0.1) is 0 Å². The van der Waals surface area contributed by atoms with Crippen molar-refractivity contribution in [3.8, 4) is 0 Å². The zero-order chi connectivity index (χ0) is 12.1. The fraction of sp³-hybridized carbons (Fsp3) is 0. The molecule has 0 radical (unpaired) electrons. The lowest BCUT2D eigenvalue weighted by atomic mass is 10.3. The fourth-order valence-corrected chi connectivity index (χ4v) is 1.65. The Kier molecular flexibility index (Phi) is 4.22. The molecule has 0 aliphatic rings. The van der Waals surface area contributed by atoms with Gasteiger partial charge in [-0.2, -0.15) is 5.10 Å². The molecule has 6 heteroatoms. The first kappa shape index (κ1) is 12.2. The molecule has 1 heterocycles. The van der Waals surface area contributed by atoms with Gasteiger partial charge in [-0.1, -0.05) is 15.9 Å². The van der Waals surface area contributed by atoms with Crippen molar-refractivity contribution in [2.45, 2.75) is 0 Å². The molecule has 0 saturated heterocycles. The van der Waals surface area contributed by atoms with Gasteiger partial charge in [0.1, 0.15) is 0 Å². The van der Waals surface area contributed by atoms with Crippen LogP contribution in [0.25, 0.3) is 0 Å². The Morgan fingerprint density at radius 1 is 1.12 bits per heavy atom. The number of hydrogen-bond acceptors (Lipinski definition) is 4. The van der Waals surface area contributed by atoms with Crippen molar-refractivity contribution in [3.05, 3.63) is 53.0 Å². The highest BCUT2D eigenvalue weighted by Crippen LogP contribution is 2.14. The maximum atomic E-state index is 4.14. The Bertz CT molecular complexity index is 511. The standard InChI is InChI=1S/C11H8Br2N4/c12-8-2-4-9(5-3-8)16-17-10(13)11-14-6-1-7-15-11/h1-7,16H. The van der Waals surface area contributed by atoms with Gasteiger partial charge in [0.2, 0.25) is 0 Å². The van der Waals surface area contributed by atoms with Crippen molar-refractivity contribution >= 4 is 42.2 Å². The van der Waals surface area contributed by atoms with Gasteiger partial charge >= 0.3 is 0 Å². The Morgan fingerprint density at radius 3 is 2.41 bits per heavy atom. The number of nitrogens with one attached hydrogen (secondary N) is 1. The van der Waals surface area contributed by atoms with Crippen LogP contribution in [0.1, 0.15) is 5.82 Å². The van der Waals surface area contributed by atoms with Gasteiger partial charge in [0, 0.05) is 16.9 Å². The predicted molar refractivity (Wildman–Crippen MR) is 75.3 cm³/mol. The summed E-state index contributed by atoms with van der Waals surface area (Å²) < 4.78 is 1.58. The number of nitrogens with zero attached hydrogens (tertiary/aromatic N) is 3. The Hall–Kier alpha value is -1.27. The van der Waals surface area contributed by atoms with E-state index in [4.69, 9.17) is 0 Å². The summed E-state index contributed by atoms with van der Waals surface area (Å²) in [6, 6.07) is 9.46. The third-order valence-electron chi connectivity index (χ3n) is 1.88. The molecular formula is C11H8Br2N4. The van der Waals surface area contributed by atoms with Crippen molar-refractivity contribution in [1.29, 1.82) is 0 Å². The van der Waals surface area contributed by atoms with E-state index in [9.17, 15) is 0 Å². The van der Waals surface area contributed by atoms with Gasteiger partial charge in [-0.05, 0) is 46.3 Å². The molecule has 0 bridgehead atoms. The van der Waals surface area contributed by atoms with E-state index in [1.807, 2.05) is 24.3 Å². The first-order valence-corrected chi connectivity index (χ1v) is 6.36. The fourth-order valence-electron chi connectivity index (χ4n) is 1.09. The van der Waals surface area contributed by atoms with Crippen molar-refractivity contribution in [1.82, 2.24) is 9.97 Å². The van der Waals surface area contributed by atoms with Crippen molar-refractivity contribution < 1.29 is 0 Å². The highest BCUT2D eigenvalue weighted by Gasteiger charge is 2.00. The molecule has 0 fully saturated rings.